The van der Waals surface area contributed by atoms with Crippen molar-refractivity contribution in [3.05, 3.63) is 38.9 Å². The predicted octanol–water partition coefficient (Wildman–Crippen LogP) is 3.81. The number of aryl methyl sites for hydroxylation is 2. The van der Waals surface area contributed by atoms with E-state index >= 15 is 0 Å². The van der Waals surface area contributed by atoms with Crippen molar-refractivity contribution < 1.29 is 4.74 Å². The molecule has 0 unspecified atom stereocenters. The Morgan fingerprint density at radius 3 is 2.58 bits per heavy atom. The average molecular weight is 298 g/mol. The second kappa shape index (κ2) is 5.75. The number of nitrogens with one attached hydrogen (secondary N) is 1. The Morgan fingerprint density at radius 2 is 2.00 bits per heavy atom. The van der Waals surface area contributed by atoms with Crippen LogP contribution >= 0.6 is 23.8 Å². The lowest BCUT2D eigenvalue weighted by molar-refractivity contribution is 0.289. The summed E-state index contributed by atoms with van der Waals surface area (Å²) >= 11 is 11.3. The standard InChI is InChI=1S/C13H16ClN3OS/c1-4-17-11(15-16-13(17)19)7-18-10-5-8(2)12(14)9(3)6-10/h5-6H,4,7H2,1-3H3,(H,16,19). The molecule has 102 valence electrons. The zero-order valence-corrected chi connectivity index (χ0v) is 12.7. The highest BCUT2D eigenvalue weighted by Gasteiger charge is 2.07. The van der Waals surface area contributed by atoms with Crippen LogP contribution in [0.2, 0.25) is 5.02 Å². The summed E-state index contributed by atoms with van der Waals surface area (Å²) in [6.45, 7) is 7.09. The molecular formula is C13H16ClN3OS. The zero-order chi connectivity index (χ0) is 14.0. The van der Waals surface area contributed by atoms with Crippen molar-refractivity contribution in [2.24, 2.45) is 0 Å². The van der Waals surface area contributed by atoms with Crippen molar-refractivity contribution in [2.45, 2.75) is 33.9 Å². The van der Waals surface area contributed by atoms with E-state index in [-0.39, 0.29) is 0 Å². The fraction of sp³-hybridized carbons (Fsp3) is 0.385. The molecule has 0 atom stereocenters. The first-order valence-electron chi connectivity index (χ1n) is 6.06. The van der Waals surface area contributed by atoms with E-state index in [1.165, 1.54) is 0 Å². The van der Waals surface area contributed by atoms with Gasteiger partial charge < -0.3 is 9.30 Å². The van der Waals surface area contributed by atoms with Crippen molar-refractivity contribution in [2.75, 3.05) is 0 Å². The topological polar surface area (TPSA) is 42.8 Å². The number of halogens is 1. The van der Waals surface area contributed by atoms with Crippen molar-refractivity contribution >= 4 is 23.8 Å². The van der Waals surface area contributed by atoms with E-state index in [0.717, 1.165) is 34.3 Å². The zero-order valence-electron chi connectivity index (χ0n) is 11.2. The maximum Gasteiger partial charge on any atom is 0.195 e. The number of H-pyrrole nitrogens is 1. The van der Waals surface area contributed by atoms with Gasteiger partial charge in [0.2, 0.25) is 0 Å². The van der Waals surface area contributed by atoms with Crippen LogP contribution in [0.1, 0.15) is 23.9 Å². The first kappa shape index (κ1) is 14.1. The molecule has 1 heterocycles. The van der Waals surface area contributed by atoms with Crippen molar-refractivity contribution in [3.8, 4) is 5.75 Å². The number of hydrogen-bond donors (Lipinski definition) is 1. The molecular weight excluding hydrogens is 282 g/mol. The molecule has 6 heteroatoms. The van der Waals surface area contributed by atoms with Crippen LogP contribution in [-0.2, 0) is 13.2 Å². The van der Waals surface area contributed by atoms with Crippen LogP contribution in [0, 0.1) is 18.6 Å². The summed E-state index contributed by atoms with van der Waals surface area (Å²) in [5.41, 5.74) is 2.01. The minimum absolute atomic E-state index is 0.376. The minimum Gasteiger partial charge on any atom is -0.486 e. The lowest BCUT2D eigenvalue weighted by Gasteiger charge is -2.10. The Labute approximate surface area is 122 Å². The maximum atomic E-state index is 6.13. The molecule has 0 fully saturated rings. The number of benzene rings is 1. The van der Waals surface area contributed by atoms with Gasteiger partial charge in [-0.3, -0.25) is 5.10 Å². The van der Waals surface area contributed by atoms with Gasteiger partial charge in [0.15, 0.2) is 10.6 Å². The third-order valence-electron chi connectivity index (χ3n) is 2.93. The Bertz CT molecular complexity index is 625. The molecule has 0 amide bonds. The number of hydrogen-bond acceptors (Lipinski definition) is 3. The minimum atomic E-state index is 0.376. The van der Waals surface area contributed by atoms with Crippen molar-refractivity contribution in [1.29, 1.82) is 0 Å². The Morgan fingerprint density at radius 1 is 1.37 bits per heavy atom. The molecule has 1 aromatic carbocycles. The van der Waals surface area contributed by atoms with Gasteiger partial charge in [-0.05, 0) is 56.2 Å². The van der Waals surface area contributed by atoms with Crippen LogP contribution in [0.3, 0.4) is 0 Å². The van der Waals surface area contributed by atoms with E-state index in [0.29, 0.717) is 11.4 Å². The second-order valence-corrected chi connectivity index (χ2v) is 5.11. The molecule has 19 heavy (non-hydrogen) atoms. The first-order chi connectivity index (χ1) is 9.02. The summed E-state index contributed by atoms with van der Waals surface area (Å²) < 4.78 is 8.28. The largest absolute Gasteiger partial charge is 0.486 e. The normalized spacial score (nSPS) is 10.7. The third-order valence-corrected chi connectivity index (χ3v) is 3.84. The summed E-state index contributed by atoms with van der Waals surface area (Å²) in [6.07, 6.45) is 0. The van der Waals surface area contributed by atoms with Crippen LogP contribution in [0.5, 0.6) is 5.75 Å². The highest BCUT2D eigenvalue weighted by atomic mass is 35.5. The molecule has 0 aliphatic heterocycles. The average Bonchev–Trinajstić information content (AvgIpc) is 2.73. The van der Waals surface area contributed by atoms with Crippen LogP contribution in [0.4, 0.5) is 0 Å². The van der Waals surface area contributed by atoms with Gasteiger partial charge in [-0.25, -0.2) is 0 Å². The fourth-order valence-corrected chi connectivity index (χ4v) is 2.31. The van der Waals surface area contributed by atoms with E-state index in [1.54, 1.807) is 0 Å². The maximum absolute atomic E-state index is 6.13. The Kier molecular flexibility index (Phi) is 4.27. The molecule has 0 spiro atoms. The quantitative estimate of drug-likeness (QED) is 0.873. The van der Waals surface area contributed by atoms with Gasteiger partial charge in [-0.2, -0.15) is 5.10 Å². The third kappa shape index (κ3) is 2.98. The van der Waals surface area contributed by atoms with Gasteiger partial charge >= 0.3 is 0 Å². The number of aromatic amines is 1. The Balaban J connectivity index is 2.17. The molecule has 1 aromatic heterocycles. The van der Waals surface area contributed by atoms with E-state index < -0.39 is 0 Å². The van der Waals surface area contributed by atoms with Crippen LogP contribution in [0.25, 0.3) is 0 Å². The van der Waals surface area contributed by atoms with Crippen molar-refractivity contribution in [3.63, 3.8) is 0 Å². The van der Waals surface area contributed by atoms with E-state index in [9.17, 15) is 0 Å². The number of aromatic nitrogens is 3. The highest BCUT2D eigenvalue weighted by molar-refractivity contribution is 7.71. The van der Waals surface area contributed by atoms with Gasteiger partial charge in [0, 0.05) is 11.6 Å². The molecule has 0 radical (unpaired) electrons. The van der Waals surface area contributed by atoms with E-state index in [1.807, 2.05) is 37.5 Å². The van der Waals surface area contributed by atoms with E-state index in [2.05, 4.69) is 10.2 Å². The Hall–Kier alpha value is -1.33. The fourth-order valence-electron chi connectivity index (χ4n) is 1.92. The molecule has 0 aliphatic carbocycles. The predicted molar refractivity (Wildman–Crippen MR) is 78.3 cm³/mol. The molecule has 0 saturated heterocycles. The lowest BCUT2D eigenvalue weighted by Crippen LogP contribution is -2.06. The molecule has 0 bridgehead atoms. The highest BCUT2D eigenvalue weighted by Crippen LogP contribution is 2.26. The summed E-state index contributed by atoms with van der Waals surface area (Å²) in [5, 5.41) is 7.71. The monoisotopic (exact) mass is 297 g/mol. The smallest absolute Gasteiger partial charge is 0.195 e. The van der Waals surface area contributed by atoms with Gasteiger partial charge in [-0.1, -0.05) is 11.6 Å². The molecule has 4 nitrogen and oxygen atoms in total. The summed E-state index contributed by atoms with van der Waals surface area (Å²) in [5.74, 6) is 1.58. The number of nitrogens with zero attached hydrogens (tertiary/aromatic N) is 2. The second-order valence-electron chi connectivity index (χ2n) is 4.35. The van der Waals surface area contributed by atoms with Crippen molar-refractivity contribution in [1.82, 2.24) is 14.8 Å². The van der Waals surface area contributed by atoms with Gasteiger partial charge in [0.1, 0.15) is 12.4 Å². The molecule has 0 aliphatic rings. The van der Waals surface area contributed by atoms with E-state index in [4.69, 9.17) is 28.6 Å². The first-order valence-corrected chi connectivity index (χ1v) is 6.85. The summed E-state index contributed by atoms with van der Waals surface area (Å²) in [7, 11) is 0. The summed E-state index contributed by atoms with van der Waals surface area (Å²) in [6, 6.07) is 3.85. The van der Waals surface area contributed by atoms with Gasteiger partial charge in [-0.15, -0.1) is 0 Å². The van der Waals surface area contributed by atoms with Gasteiger partial charge in [0.05, 0.1) is 0 Å². The van der Waals surface area contributed by atoms with Crippen LogP contribution in [0.15, 0.2) is 12.1 Å². The molecule has 0 saturated carbocycles. The van der Waals surface area contributed by atoms with Crippen LogP contribution in [-0.4, -0.2) is 14.8 Å². The number of ether oxygens (including phenoxy) is 1. The lowest BCUT2D eigenvalue weighted by atomic mass is 10.1. The van der Waals surface area contributed by atoms with Gasteiger partial charge in [0.25, 0.3) is 0 Å². The number of rotatable bonds is 4. The molecule has 2 aromatic rings. The molecule has 2 rings (SSSR count). The SMILES string of the molecule is CCn1c(COc2cc(C)c(Cl)c(C)c2)n[nH]c1=S. The van der Waals surface area contributed by atoms with Crippen LogP contribution < -0.4 is 4.74 Å². The summed E-state index contributed by atoms with van der Waals surface area (Å²) in [4.78, 5) is 0. The molecule has 1 N–H and O–H groups in total.